The van der Waals surface area contributed by atoms with Crippen molar-refractivity contribution in [2.45, 2.75) is 12.8 Å². The third kappa shape index (κ3) is 6.88. The lowest BCUT2D eigenvalue weighted by Gasteiger charge is -2.19. The van der Waals surface area contributed by atoms with Crippen LogP contribution < -0.4 is 14.9 Å². The molecule has 0 saturated carbocycles. The molecule has 1 aromatic rings. The van der Waals surface area contributed by atoms with Gasteiger partial charge in [0.05, 0.1) is 5.75 Å². The first kappa shape index (κ1) is 16.9. The minimum absolute atomic E-state index is 0.183. The van der Waals surface area contributed by atoms with Crippen LogP contribution in [0.3, 0.4) is 0 Å². The van der Waals surface area contributed by atoms with Crippen molar-refractivity contribution in [3.8, 4) is 0 Å². The van der Waals surface area contributed by atoms with Crippen LogP contribution in [0.5, 0.6) is 0 Å². The van der Waals surface area contributed by atoms with Gasteiger partial charge in [0.25, 0.3) is 0 Å². The molecule has 0 aliphatic heterocycles. The largest absolute Gasteiger partial charge is 0.375 e. The molecule has 0 atom stereocenters. The van der Waals surface area contributed by atoms with E-state index >= 15 is 0 Å². The zero-order valence-electron chi connectivity index (χ0n) is 12.3. The van der Waals surface area contributed by atoms with Gasteiger partial charge in [0.15, 0.2) is 0 Å². The van der Waals surface area contributed by atoms with E-state index in [0.717, 1.165) is 25.2 Å². The highest BCUT2D eigenvalue weighted by atomic mass is 32.2. The van der Waals surface area contributed by atoms with Crippen molar-refractivity contribution >= 4 is 15.7 Å². The van der Waals surface area contributed by atoms with Gasteiger partial charge in [-0.25, -0.2) is 13.1 Å². The molecule has 0 unspecified atom stereocenters. The number of rotatable bonds is 10. The molecule has 0 aliphatic rings. The van der Waals surface area contributed by atoms with Crippen LogP contribution in [0.25, 0.3) is 0 Å². The Morgan fingerprint density at radius 3 is 2.45 bits per heavy atom. The summed E-state index contributed by atoms with van der Waals surface area (Å²) in [5, 5.41) is 2.94. The smallest absolute Gasteiger partial charge is 0.211 e. The Morgan fingerprint density at radius 1 is 1.10 bits per heavy atom. The van der Waals surface area contributed by atoms with Gasteiger partial charge in [0, 0.05) is 25.8 Å². The van der Waals surface area contributed by atoms with Crippen molar-refractivity contribution in [3.05, 3.63) is 30.3 Å². The average molecular weight is 299 g/mol. The van der Waals surface area contributed by atoms with E-state index in [1.165, 1.54) is 0 Å². The Morgan fingerprint density at radius 2 is 1.80 bits per heavy atom. The molecule has 0 radical (unpaired) electrons. The summed E-state index contributed by atoms with van der Waals surface area (Å²) in [6, 6.07) is 10.1. The number of anilines is 1. The topological polar surface area (TPSA) is 61.4 Å². The summed E-state index contributed by atoms with van der Waals surface area (Å²) in [6.45, 7) is 2.03. The van der Waals surface area contributed by atoms with Crippen LogP contribution >= 0.6 is 0 Å². The summed E-state index contributed by atoms with van der Waals surface area (Å²) in [5.41, 5.74) is 1.14. The standard InChI is InChI=1S/C14H25N3O2S/c1-15-10-7-13-20(18,19)16-11-6-12-17(2)14-8-4-3-5-9-14/h3-5,8-9,15-16H,6-7,10-13H2,1-2H3. The highest BCUT2D eigenvalue weighted by Gasteiger charge is 2.08. The highest BCUT2D eigenvalue weighted by Crippen LogP contribution is 2.10. The van der Waals surface area contributed by atoms with E-state index in [2.05, 4.69) is 14.9 Å². The van der Waals surface area contributed by atoms with Gasteiger partial charge in [0.1, 0.15) is 0 Å². The molecule has 0 heterocycles. The zero-order valence-corrected chi connectivity index (χ0v) is 13.1. The van der Waals surface area contributed by atoms with E-state index < -0.39 is 10.0 Å². The fourth-order valence-corrected chi connectivity index (χ4v) is 2.99. The number of para-hydroxylation sites is 1. The second-order valence-electron chi connectivity index (χ2n) is 4.78. The fraction of sp³-hybridized carbons (Fsp3) is 0.571. The van der Waals surface area contributed by atoms with Gasteiger partial charge in [-0.3, -0.25) is 0 Å². The third-order valence-electron chi connectivity index (χ3n) is 3.03. The van der Waals surface area contributed by atoms with Gasteiger partial charge in [0.2, 0.25) is 10.0 Å². The second-order valence-corrected chi connectivity index (χ2v) is 6.71. The highest BCUT2D eigenvalue weighted by molar-refractivity contribution is 7.89. The van der Waals surface area contributed by atoms with Gasteiger partial charge in [-0.15, -0.1) is 0 Å². The maximum atomic E-state index is 11.7. The molecule has 0 aliphatic carbocycles. The zero-order chi connectivity index (χ0) is 14.8. The van der Waals surface area contributed by atoms with Crippen LogP contribution in [0.4, 0.5) is 5.69 Å². The molecule has 5 nitrogen and oxygen atoms in total. The number of nitrogens with one attached hydrogen (secondary N) is 2. The van der Waals surface area contributed by atoms with Crippen molar-refractivity contribution in [3.63, 3.8) is 0 Å². The van der Waals surface area contributed by atoms with E-state index in [1.54, 1.807) is 0 Å². The summed E-state index contributed by atoms with van der Waals surface area (Å²) in [7, 11) is 0.705. The molecule has 2 N–H and O–H groups in total. The molecule has 6 heteroatoms. The molecule has 0 aromatic heterocycles. The van der Waals surface area contributed by atoms with E-state index in [1.807, 2.05) is 44.4 Å². The minimum Gasteiger partial charge on any atom is -0.375 e. The molecule has 0 spiro atoms. The normalized spacial score (nSPS) is 11.5. The van der Waals surface area contributed by atoms with Gasteiger partial charge < -0.3 is 10.2 Å². The summed E-state index contributed by atoms with van der Waals surface area (Å²) < 4.78 is 26.0. The van der Waals surface area contributed by atoms with E-state index in [4.69, 9.17) is 0 Å². The fourth-order valence-electron chi connectivity index (χ4n) is 1.87. The molecule has 1 rings (SSSR count). The number of nitrogens with zero attached hydrogens (tertiary/aromatic N) is 1. The Kier molecular flexibility index (Phi) is 7.58. The third-order valence-corrected chi connectivity index (χ3v) is 4.50. The molecule has 1 aromatic carbocycles. The van der Waals surface area contributed by atoms with Gasteiger partial charge in [-0.05, 0) is 38.6 Å². The van der Waals surface area contributed by atoms with Crippen LogP contribution in [-0.2, 0) is 10.0 Å². The number of hydrogen-bond acceptors (Lipinski definition) is 4. The Balaban J connectivity index is 2.21. The van der Waals surface area contributed by atoms with Crippen LogP contribution in [0.15, 0.2) is 30.3 Å². The predicted octanol–water partition coefficient (Wildman–Crippen LogP) is 1.04. The number of sulfonamides is 1. The van der Waals surface area contributed by atoms with Gasteiger partial charge >= 0.3 is 0 Å². The molecule has 0 saturated heterocycles. The number of hydrogen-bond donors (Lipinski definition) is 2. The van der Waals surface area contributed by atoms with Crippen LogP contribution in [0, 0.1) is 0 Å². The van der Waals surface area contributed by atoms with Crippen LogP contribution in [0.2, 0.25) is 0 Å². The van der Waals surface area contributed by atoms with E-state index in [0.29, 0.717) is 13.0 Å². The first-order chi connectivity index (χ1) is 9.55. The van der Waals surface area contributed by atoms with Crippen molar-refractivity contribution in [1.82, 2.24) is 10.0 Å². The second kappa shape index (κ2) is 8.94. The summed E-state index contributed by atoms with van der Waals surface area (Å²) in [6.07, 6.45) is 1.42. The monoisotopic (exact) mass is 299 g/mol. The number of benzene rings is 1. The molecular formula is C14H25N3O2S. The van der Waals surface area contributed by atoms with Crippen LogP contribution in [0.1, 0.15) is 12.8 Å². The summed E-state index contributed by atoms with van der Waals surface area (Å²) in [4.78, 5) is 2.12. The minimum atomic E-state index is -3.12. The molecule has 0 bridgehead atoms. The lowest BCUT2D eigenvalue weighted by Crippen LogP contribution is -2.30. The quantitative estimate of drug-likeness (QED) is 0.634. The lowest BCUT2D eigenvalue weighted by atomic mass is 10.3. The molecule has 0 fully saturated rings. The molecule has 20 heavy (non-hydrogen) atoms. The average Bonchev–Trinajstić information content (AvgIpc) is 2.44. The molecular weight excluding hydrogens is 274 g/mol. The van der Waals surface area contributed by atoms with Crippen molar-refractivity contribution < 1.29 is 8.42 Å². The molecule has 114 valence electrons. The SMILES string of the molecule is CNCCCS(=O)(=O)NCCCN(C)c1ccccc1. The Bertz CT molecular complexity index is 463. The Labute approximate surface area is 122 Å². The first-order valence-electron chi connectivity index (χ1n) is 6.93. The summed E-state index contributed by atoms with van der Waals surface area (Å²) >= 11 is 0. The van der Waals surface area contributed by atoms with Gasteiger partial charge in [-0.2, -0.15) is 0 Å². The lowest BCUT2D eigenvalue weighted by molar-refractivity contribution is 0.575. The van der Waals surface area contributed by atoms with Crippen molar-refractivity contribution in [2.75, 3.05) is 44.4 Å². The van der Waals surface area contributed by atoms with Gasteiger partial charge in [-0.1, -0.05) is 18.2 Å². The maximum Gasteiger partial charge on any atom is 0.211 e. The van der Waals surface area contributed by atoms with Crippen LogP contribution in [-0.4, -0.2) is 47.9 Å². The van der Waals surface area contributed by atoms with Crippen molar-refractivity contribution in [1.29, 1.82) is 0 Å². The first-order valence-corrected chi connectivity index (χ1v) is 8.58. The molecule has 0 amide bonds. The van der Waals surface area contributed by atoms with E-state index in [9.17, 15) is 8.42 Å². The predicted molar refractivity (Wildman–Crippen MR) is 84.7 cm³/mol. The van der Waals surface area contributed by atoms with Crippen molar-refractivity contribution in [2.24, 2.45) is 0 Å². The Hall–Kier alpha value is -1.11. The maximum absolute atomic E-state index is 11.7. The summed E-state index contributed by atoms with van der Waals surface area (Å²) in [5.74, 6) is 0.183. The van der Waals surface area contributed by atoms with E-state index in [-0.39, 0.29) is 5.75 Å².